The summed E-state index contributed by atoms with van der Waals surface area (Å²) < 4.78 is 5.74. The summed E-state index contributed by atoms with van der Waals surface area (Å²) in [6.45, 7) is 13.0. The molecular weight excluding hydrogens is 448 g/mol. The van der Waals surface area contributed by atoms with Gasteiger partial charge in [0.15, 0.2) is 0 Å². The van der Waals surface area contributed by atoms with Crippen LogP contribution in [0, 0.1) is 35.5 Å². The van der Waals surface area contributed by atoms with Crippen LogP contribution in [0.15, 0.2) is 30.3 Å². The zero-order valence-corrected chi connectivity index (χ0v) is 22.5. The number of rotatable bonds is 16. The Hall–Kier alpha value is -1.06. The molecule has 0 saturated carbocycles. The minimum atomic E-state index is -1.06. The first-order valence-corrected chi connectivity index (χ1v) is 13.0. The van der Waals surface area contributed by atoms with Gasteiger partial charge in [0.2, 0.25) is 0 Å². The first kappa shape index (κ1) is 32.0. The normalized spacial score (nSPS) is 22.7. The van der Waals surface area contributed by atoms with Crippen molar-refractivity contribution in [1.82, 2.24) is 0 Å². The van der Waals surface area contributed by atoms with E-state index < -0.39 is 66.2 Å². The topological polar surface area (TPSA) is 131 Å². The molecule has 7 heteroatoms. The molecule has 0 spiro atoms. The first-order chi connectivity index (χ1) is 16.3. The number of hydrogen-bond acceptors (Lipinski definition) is 7. The van der Waals surface area contributed by atoms with E-state index in [1.807, 2.05) is 44.2 Å². The lowest BCUT2D eigenvalue weighted by Gasteiger charge is -2.39. The van der Waals surface area contributed by atoms with E-state index in [9.17, 15) is 30.6 Å². The average Bonchev–Trinajstić information content (AvgIpc) is 2.88. The van der Waals surface area contributed by atoms with Gasteiger partial charge < -0.3 is 35.4 Å². The van der Waals surface area contributed by atoms with E-state index in [1.54, 1.807) is 34.6 Å². The molecule has 12 atom stereocenters. The summed E-state index contributed by atoms with van der Waals surface area (Å²) in [6, 6.07) is 9.76. The molecule has 0 aromatic heterocycles. The van der Waals surface area contributed by atoms with Gasteiger partial charge in [-0.05, 0) is 12.0 Å². The summed E-state index contributed by atoms with van der Waals surface area (Å²) in [5.41, 5.74) is 1.05. The second kappa shape index (κ2) is 15.3. The molecule has 0 fully saturated rings. The van der Waals surface area contributed by atoms with Crippen molar-refractivity contribution in [3.8, 4) is 0 Å². The third-order valence-corrected chi connectivity index (χ3v) is 7.95. The highest BCUT2D eigenvalue weighted by atomic mass is 16.5. The van der Waals surface area contributed by atoms with Crippen molar-refractivity contribution in [2.75, 3.05) is 6.61 Å². The van der Waals surface area contributed by atoms with Gasteiger partial charge in [0.25, 0.3) is 0 Å². The molecule has 0 bridgehead atoms. The van der Waals surface area contributed by atoms with Gasteiger partial charge in [0.1, 0.15) is 0 Å². The van der Waals surface area contributed by atoms with Crippen molar-refractivity contribution in [1.29, 1.82) is 0 Å². The van der Waals surface area contributed by atoms with Crippen LogP contribution in [0.25, 0.3) is 0 Å². The number of ether oxygens (including phenoxy) is 1. The van der Waals surface area contributed by atoms with Crippen LogP contribution in [-0.2, 0) is 11.3 Å². The third-order valence-electron chi connectivity index (χ3n) is 7.95. The molecule has 0 heterocycles. The molecule has 0 aliphatic heterocycles. The molecule has 0 radical (unpaired) electrons. The van der Waals surface area contributed by atoms with Crippen LogP contribution in [0.1, 0.15) is 60.5 Å². The lowest BCUT2D eigenvalue weighted by atomic mass is 9.75. The first-order valence-electron chi connectivity index (χ1n) is 13.0. The van der Waals surface area contributed by atoms with Crippen LogP contribution in [0.2, 0.25) is 0 Å². The molecule has 6 N–H and O–H groups in total. The molecule has 0 aliphatic rings. The Kier molecular flexibility index (Phi) is 13.9. The lowest BCUT2D eigenvalue weighted by Crippen LogP contribution is -2.48. The zero-order chi connectivity index (χ0) is 26.9. The van der Waals surface area contributed by atoms with Gasteiger partial charge in [-0.3, -0.25) is 0 Å². The van der Waals surface area contributed by atoms with Crippen LogP contribution in [0.3, 0.4) is 0 Å². The van der Waals surface area contributed by atoms with Crippen molar-refractivity contribution in [2.45, 2.75) is 98.1 Å². The van der Waals surface area contributed by atoms with Crippen molar-refractivity contribution < 1.29 is 35.4 Å². The highest BCUT2D eigenvalue weighted by Crippen LogP contribution is 2.31. The van der Waals surface area contributed by atoms with Gasteiger partial charge in [0, 0.05) is 35.5 Å². The van der Waals surface area contributed by atoms with E-state index in [-0.39, 0.29) is 5.92 Å². The molecule has 204 valence electrons. The van der Waals surface area contributed by atoms with Gasteiger partial charge >= 0.3 is 0 Å². The lowest BCUT2D eigenvalue weighted by molar-refractivity contribution is -0.110. The predicted molar refractivity (Wildman–Crippen MR) is 137 cm³/mol. The maximum absolute atomic E-state index is 10.9. The Morgan fingerprint density at radius 3 is 1.43 bits per heavy atom. The van der Waals surface area contributed by atoms with Crippen LogP contribution in [0.5, 0.6) is 0 Å². The largest absolute Gasteiger partial charge is 0.393 e. The maximum atomic E-state index is 10.9. The van der Waals surface area contributed by atoms with Crippen LogP contribution < -0.4 is 0 Å². The fourth-order valence-corrected chi connectivity index (χ4v) is 4.88. The summed E-state index contributed by atoms with van der Waals surface area (Å²) in [5.74, 6) is -3.00. The Morgan fingerprint density at radius 1 is 0.600 bits per heavy atom. The molecule has 0 saturated heterocycles. The molecule has 0 amide bonds. The van der Waals surface area contributed by atoms with E-state index in [0.717, 1.165) is 5.56 Å². The fourth-order valence-electron chi connectivity index (χ4n) is 4.88. The molecule has 0 aliphatic carbocycles. The van der Waals surface area contributed by atoms with Crippen molar-refractivity contribution in [3.05, 3.63) is 35.9 Å². The Bertz CT molecular complexity index is 687. The molecule has 1 aromatic rings. The van der Waals surface area contributed by atoms with Crippen LogP contribution in [0.4, 0.5) is 0 Å². The number of aliphatic hydroxyl groups excluding tert-OH is 6. The molecule has 1 rings (SSSR count). The third kappa shape index (κ3) is 9.08. The number of aliphatic hydroxyl groups is 6. The Labute approximate surface area is 211 Å². The minimum absolute atomic E-state index is 0.225. The van der Waals surface area contributed by atoms with Gasteiger partial charge in [0.05, 0.1) is 49.8 Å². The van der Waals surface area contributed by atoms with E-state index >= 15 is 0 Å². The van der Waals surface area contributed by atoms with Crippen molar-refractivity contribution in [2.24, 2.45) is 35.5 Å². The van der Waals surface area contributed by atoms with Crippen LogP contribution >= 0.6 is 0 Å². The van der Waals surface area contributed by atoms with E-state index in [4.69, 9.17) is 4.74 Å². The fraction of sp³-hybridized carbons (Fsp3) is 0.786. The number of benzene rings is 1. The summed E-state index contributed by atoms with van der Waals surface area (Å²) in [5, 5.41) is 64.2. The molecule has 0 unspecified atom stereocenters. The monoisotopic (exact) mass is 498 g/mol. The summed E-state index contributed by atoms with van der Waals surface area (Å²) in [6.07, 6.45) is -5.06. The molecule has 1 aromatic carbocycles. The minimum Gasteiger partial charge on any atom is -0.393 e. The van der Waals surface area contributed by atoms with Gasteiger partial charge in [-0.15, -0.1) is 0 Å². The molecular formula is C28H50O7. The number of hydrogen-bond donors (Lipinski definition) is 6. The average molecular weight is 499 g/mol. The zero-order valence-electron chi connectivity index (χ0n) is 22.5. The highest BCUT2D eigenvalue weighted by Gasteiger charge is 2.40. The van der Waals surface area contributed by atoms with E-state index in [2.05, 4.69) is 0 Å². The van der Waals surface area contributed by atoms with Crippen LogP contribution in [-0.4, -0.2) is 73.9 Å². The highest BCUT2D eigenvalue weighted by molar-refractivity contribution is 5.13. The standard InChI is InChI=1S/C28H50O7/c1-8-23(29)17(3)25(31)19(5)27(33)21(7)28(34)20(6)26(32)18(4)24(30)16(2)14-35-15-22-12-10-9-11-13-22/h9-13,16-21,23-34H,8,14-15H2,1-7H3/t16-,17-,18+,19+,20-,21-,23-,24-,25+,26+,27-,28-/m1/s1. The van der Waals surface area contributed by atoms with Gasteiger partial charge in [-0.25, -0.2) is 0 Å². The summed E-state index contributed by atoms with van der Waals surface area (Å²) in [7, 11) is 0. The Morgan fingerprint density at radius 2 is 1.00 bits per heavy atom. The Balaban J connectivity index is 2.66. The smallest absolute Gasteiger partial charge is 0.0717 e. The SMILES string of the molecule is CC[C@@H](O)[C@@H](C)[C@H](O)[C@H](C)[C@@H](O)[C@@H](C)[C@H](O)[C@H](C)[C@@H](O)[C@@H](C)[C@H](O)[C@H](C)COCc1ccccc1. The van der Waals surface area contributed by atoms with E-state index in [0.29, 0.717) is 19.6 Å². The summed E-state index contributed by atoms with van der Waals surface area (Å²) >= 11 is 0. The van der Waals surface area contributed by atoms with Crippen molar-refractivity contribution >= 4 is 0 Å². The predicted octanol–water partition coefficient (Wildman–Crippen LogP) is 2.60. The van der Waals surface area contributed by atoms with Gasteiger partial charge in [-0.1, -0.05) is 78.8 Å². The molecule has 7 nitrogen and oxygen atoms in total. The van der Waals surface area contributed by atoms with Crippen molar-refractivity contribution in [3.63, 3.8) is 0 Å². The quantitative estimate of drug-likeness (QED) is 0.207. The summed E-state index contributed by atoms with van der Waals surface area (Å²) in [4.78, 5) is 0. The second-order valence-corrected chi connectivity index (χ2v) is 10.7. The van der Waals surface area contributed by atoms with E-state index in [1.165, 1.54) is 0 Å². The molecule has 35 heavy (non-hydrogen) atoms. The second-order valence-electron chi connectivity index (χ2n) is 10.7. The van der Waals surface area contributed by atoms with Gasteiger partial charge in [-0.2, -0.15) is 0 Å². The maximum Gasteiger partial charge on any atom is 0.0717 e.